The first-order chi connectivity index (χ1) is 8.97. The van der Waals surface area contributed by atoms with Crippen LogP contribution in [0.2, 0.25) is 10.3 Å². The summed E-state index contributed by atoms with van der Waals surface area (Å²) < 4.78 is 32.2. The van der Waals surface area contributed by atoms with Crippen molar-refractivity contribution in [3.8, 4) is 5.75 Å². The van der Waals surface area contributed by atoms with Crippen LogP contribution in [0.15, 0.2) is 28.7 Å². The molecule has 0 bridgehead atoms. The Balaban J connectivity index is 2.19. The highest BCUT2D eigenvalue weighted by Crippen LogP contribution is 2.27. The predicted octanol–water partition coefficient (Wildman–Crippen LogP) is 5.01. The molecular formula is C12H6BrCl2F2NO. The van der Waals surface area contributed by atoms with Crippen molar-refractivity contribution < 1.29 is 13.5 Å². The largest absolute Gasteiger partial charge is 0.486 e. The van der Waals surface area contributed by atoms with Gasteiger partial charge in [-0.1, -0.05) is 39.1 Å². The van der Waals surface area contributed by atoms with E-state index in [9.17, 15) is 8.78 Å². The molecule has 0 aliphatic heterocycles. The molecule has 0 saturated carbocycles. The number of rotatable bonds is 3. The second-order valence-electron chi connectivity index (χ2n) is 3.57. The molecule has 2 nitrogen and oxygen atoms in total. The summed E-state index contributed by atoms with van der Waals surface area (Å²) in [4.78, 5) is 3.82. The van der Waals surface area contributed by atoms with Gasteiger partial charge in [0.25, 0.3) is 0 Å². The van der Waals surface area contributed by atoms with Crippen molar-refractivity contribution in [2.45, 2.75) is 6.61 Å². The number of hydrogen-bond donors (Lipinski definition) is 0. The van der Waals surface area contributed by atoms with Crippen molar-refractivity contribution in [2.75, 3.05) is 0 Å². The third-order valence-corrected chi connectivity index (χ3v) is 3.23. The van der Waals surface area contributed by atoms with Gasteiger partial charge in [-0.05, 0) is 24.3 Å². The molecular weight excluding hydrogens is 363 g/mol. The molecule has 1 heterocycles. The first-order valence-electron chi connectivity index (χ1n) is 5.05. The molecule has 0 atom stereocenters. The summed E-state index contributed by atoms with van der Waals surface area (Å²) in [6, 6.07) is 5.47. The Morgan fingerprint density at radius 3 is 2.63 bits per heavy atom. The van der Waals surface area contributed by atoms with E-state index >= 15 is 0 Å². The van der Waals surface area contributed by atoms with Gasteiger partial charge in [0.2, 0.25) is 5.82 Å². The van der Waals surface area contributed by atoms with Gasteiger partial charge in [-0.25, -0.2) is 9.37 Å². The fourth-order valence-corrected chi connectivity index (χ4v) is 2.15. The van der Waals surface area contributed by atoms with E-state index in [2.05, 4.69) is 20.9 Å². The number of benzene rings is 1. The maximum atomic E-state index is 13.5. The minimum atomic E-state index is -1.05. The van der Waals surface area contributed by atoms with E-state index in [0.717, 1.165) is 6.07 Å². The average Bonchev–Trinajstić information content (AvgIpc) is 2.33. The number of aromatic nitrogens is 1. The first kappa shape index (κ1) is 14.5. The lowest BCUT2D eigenvalue weighted by Gasteiger charge is -2.09. The summed E-state index contributed by atoms with van der Waals surface area (Å²) in [5.41, 5.74) is 0.519. The van der Waals surface area contributed by atoms with Crippen molar-refractivity contribution in [2.24, 2.45) is 0 Å². The molecule has 0 spiro atoms. The Labute approximate surface area is 126 Å². The van der Waals surface area contributed by atoms with Crippen LogP contribution in [-0.4, -0.2) is 4.98 Å². The van der Waals surface area contributed by atoms with E-state index in [1.807, 2.05) is 0 Å². The zero-order chi connectivity index (χ0) is 14.0. The normalized spacial score (nSPS) is 10.6. The SMILES string of the molecule is Fc1cc(Br)cc(OCc2ccc(Cl)nc2Cl)c1F. The maximum Gasteiger partial charge on any atom is 0.200 e. The van der Waals surface area contributed by atoms with E-state index in [-0.39, 0.29) is 22.7 Å². The van der Waals surface area contributed by atoms with Crippen LogP contribution in [-0.2, 0) is 6.61 Å². The molecule has 0 fully saturated rings. The second-order valence-corrected chi connectivity index (χ2v) is 5.23. The predicted molar refractivity (Wildman–Crippen MR) is 72.6 cm³/mol. The fraction of sp³-hybridized carbons (Fsp3) is 0.0833. The molecule has 0 saturated heterocycles. The van der Waals surface area contributed by atoms with Crippen molar-refractivity contribution in [3.63, 3.8) is 0 Å². The van der Waals surface area contributed by atoms with E-state index in [1.54, 1.807) is 6.07 Å². The second kappa shape index (κ2) is 6.03. The Kier molecular flexibility index (Phi) is 4.60. The van der Waals surface area contributed by atoms with Crippen LogP contribution in [0.4, 0.5) is 8.78 Å². The fourth-order valence-electron chi connectivity index (χ4n) is 1.34. The minimum Gasteiger partial charge on any atom is -0.486 e. The van der Waals surface area contributed by atoms with Crippen LogP contribution in [0.1, 0.15) is 5.56 Å². The van der Waals surface area contributed by atoms with Crippen LogP contribution in [0.25, 0.3) is 0 Å². The van der Waals surface area contributed by atoms with Gasteiger partial charge in [0.05, 0.1) is 0 Å². The molecule has 0 radical (unpaired) electrons. The lowest BCUT2D eigenvalue weighted by Crippen LogP contribution is -2.00. The first-order valence-corrected chi connectivity index (χ1v) is 6.60. The van der Waals surface area contributed by atoms with Crippen molar-refractivity contribution in [3.05, 3.63) is 56.2 Å². The Bertz CT molecular complexity index is 625. The highest BCUT2D eigenvalue weighted by molar-refractivity contribution is 9.10. The molecule has 0 amide bonds. The molecule has 2 rings (SSSR count). The van der Waals surface area contributed by atoms with Gasteiger partial charge >= 0.3 is 0 Å². The highest BCUT2D eigenvalue weighted by atomic mass is 79.9. The van der Waals surface area contributed by atoms with Crippen molar-refractivity contribution in [1.82, 2.24) is 4.98 Å². The zero-order valence-electron chi connectivity index (χ0n) is 9.26. The monoisotopic (exact) mass is 367 g/mol. The molecule has 0 aliphatic carbocycles. The lowest BCUT2D eigenvalue weighted by molar-refractivity contribution is 0.284. The lowest BCUT2D eigenvalue weighted by atomic mass is 10.3. The van der Waals surface area contributed by atoms with Gasteiger partial charge in [0, 0.05) is 10.0 Å². The molecule has 0 N–H and O–H groups in total. The average molecular weight is 369 g/mol. The molecule has 0 unspecified atom stereocenters. The number of halogens is 5. The van der Waals surface area contributed by atoms with E-state index < -0.39 is 11.6 Å². The summed E-state index contributed by atoms with van der Waals surface area (Å²) in [5, 5.41) is 0.400. The van der Waals surface area contributed by atoms with Crippen LogP contribution in [0, 0.1) is 11.6 Å². The zero-order valence-corrected chi connectivity index (χ0v) is 12.4. The third-order valence-electron chi connectivity index (χ3n) is 2.23. The summed E-state index contributed by atoms with van der Waals surface area (Å²) >= 11 is 14.5. The van der Waals surface area contributed by atoms with Crippen LogP contribution >= 0.6 is 39.1 Å². The molecule has 0 aliphatic rings. The van der Waals surface area contributed by atoms with Gasteiger partial charge < -0.3 is 4.74 Å². The number of pyridine rings is 1. The van der Waals surface area contributed by atoms with Crippen LogP contribution in [0.3, 0.4) is 0 Å². The van der Waals surface area contributed by atoms with Gasteiger partial charge in [-0.2, -0.15) is 4.39 Å². The molecule has 2 aromatic rings. The summed E-state index contributed by atoms with van der Waals surface area (Å²) in [6.07, 6.45) is 0. The summed E-state index contributed by atoms with van der Waals surface area (Å²) in [6.45, 7) is -0.0458. The molecule has 7 heteroatoms. The summed E-state index contributed by atoms with van der Waals surface area (Å²) in [7, 11) is 0. The van der Waals surface area contributed by atoms with E-state index in [1.165, 1.54) is 12.1 Å². The Morgan fingerprint density at radius 1 is 1.21 bits per heavy atom. The van der Waals surface area contributed by atoms with E-state index in [4.69, 9.17) is 27.9 Å². The van der Waals surface area contributed by atoms with Gasteiger partial charge in [-0.15, -0.1) is 0 Å². The number of nitrogens with zero attached hydrogens (tertiary/aromatic N) is 1. The quantitative estimate of drug-likeness (QED) is 0.561. The van der Waals surface area contributed by atoms with Crippen LogP contribution in [0.5, 0.6) is 5.75 Å². The Morgan fingerprint density at radius 2 is 1.95 bits per heavy atom. The van der Waals surface area contributed by atoms with Gasteiger partial charge in [-0.3, -0.25) is 0 Å². The highest BCUT2D eigenvalue weighted by Gasteiger charge is 2.12. The topological polar surface area (TPSA) is 22.1 Å². The molecule has 1 aromatic heterocycles. The van der Waals surface area contributed by atoms with Gasteiger partial charge in [0.1, 0.15) is 16.9 Å². The smallest absolute Gasteiger partial charge is 0.200 e. The van der Waals surface area contributed by atoms with Gasteiger partial charge in [0.15, 0.2) is 11.6 Å². The van der Waals surface area contributed by atoms with Crippen molar-refractivity contribution >= 4 is 39.1 Å². The number of ether oxygens (including phenoxy) is 1. The molecule has 19 heavy (non-hydrogen) atoms. The standard InChI is InChI=1S/C12H6BrCl2F2NO/c13-7-3-8(16)11(17)9(4-7)19-5-6-1-2-10(14)18-12(6)15/h1-4H,5H2. The Hall–Kier alpha value is -0.910. The molecule has 1 aromatic carbocycles. The number of hydrogen-bond acceptors (Lipinski definition) is 2. The summed E-state index contributed by atoms with van der Waals surface area (Å²) in [5.74, 6) is -2.26. The van der Waals surface area contributed by atoms with E-state index in [0.29, 0.717) is 10.0 Å². The van der Waals surface area contributed by atoms with Crippen molar-refractivity contribution in [1.29, 1.82) is 0 Å². The molecule has 100 valence electrons. The van der Waals surface area contributed by atoms with Crippen LogP contribution < -0.4 is 4.74 Å². The minimum absolute atomic E-state index is 0.0458. The third kappa shape index (κ3) is 3.55. The maximum absolute atomic E-state index is 13.5.